The summed E-state index contributed by atoms with van der Waals surface area (Å²) in [5.41, 5.74) is 1.37. The van der Waals surface area contributed by atoms with E-state index in [2.05, 4.69) is 39.6 Å². The number of aromatic amines is 1. The summed E-state index contributed by atoms with van der Waals surface area (Å²) in [7, 11) is 1.97. The van der Waals surface area contributed by atoms with E-state index in [1.165, 1.54) is 5.56 Å². The van der Waals surface area contributed by atoms with E-state index in [0.717, 1.165) is 18.7 Å². The van der Waals surface area contributed by atoms with Crippen LogP contribution in [0.5, 0.6) is 0 Å². The molecule has 1 atom stereocenters. The second-order valence-corrected chi connectivity index (χ2v) is 3.84. The van der Waals surface area contributed by atoms with Gasteiger partial charge in [-0.3, -0.25) is 0 Å². The van der Waals surface area contributed by atoms with Gasteiger partial charge in [0, 0.05) is 12.4 Å². The molecule has 0 saturated heterocycles. The van der Waals surface area contributed by atoms with Gasteiger partial charge in [-0.05, 0) is 25.5 Å². The van der Waals surface area contributed by atoms with E-state index >= 15 is 0 Å². The lowest BCUT2D eigenvalue weighted by atomic mass is 10.1. The first-order chi connectivity index (χ1) is 7.90. The van der Waals surface area contributed by atoms with E-state index in [9.17, 15) is 0 Å². The van der Waals surface area contributed by atoms with Crippen molar-refractivity contribution in [2.24, 2.45) is 0 Å². The van der Waals surface area contributed by atoms with Gasteiger partial charge in [-0.2, -0.15) is 0 Å². The Bertz CT molecular complexity index is 394. The molecule has 1 heterocycles. The zero-order valence-corrected chi connectivity index (χ0v) is 9.48. The van der Waals surface area contributed by atoms with Crippen molar-refractivity contribution in [3.05, 3.63) is 54.1 Å². The lowest BCUT2D eigenvalue weighted by Gasteiger charge is -2.13. The molecule has 0 radical (unpaired) electrons. The highest BCUT2D eigenvalue weighted by Gasteiger charge is 2.10. The van der Waals surface area contributed by atoms with Crippen molar-refractivity contribution in [1.82, 2.24) is 15.3 Å². The highest BCUT2D eigenvalue weighted by molar-refractivity contribution is 5.15. The van der Waals surface area contributed by atoms with Crippen LogP contribution in [0, 0.1) is 0 Å². The molecule has 1 aromatic carbocycles. The number of aromatic nitrogens is 2. The molecule has 0 bridgehead atoms. The average Bonchev–Trinajstić information content (AvgIpc) is 2.85. The van der Waals surface area contributed by atoms with Gasteiger partial charge < -0.3 is 10.3 Å². The van der Waals surface area contributed by atoms with Gasteiger partial charge >= 0.3 is 0 Å². The highest BCUT2D eigenvalue weighted by atomic mass is 15.0. The maximum Gasteiger partial charge on any atom is 0.123 e. The van der Waals surface area contributed by atoms with Crippen LogP contribution in [0.4, 0.5) is 0 Å². The molecule has 0 aliphatic heterocycles. The first-order valence-corrected chi connectivity index (χ1v) is 5.60. The van der Waals surface area contributed by atoms with Gasteiger partial charge in [-0.25, -0.2) is 4.98 Å². The van der Waals surface area contributed by atoms with Crippen LogP contribution in [0.15, 0.2) is 42.7 Å². The molecule has 3 heteroatoms. The van der Waals surface area contributed by atoms with Crippen molar-refractivity contribution in [2.75, 3.05) is 7.05 Å². The molecule has 0 aliphatic rings. The number of nitrogens with one attached hydrogen (secondary N) is 2. The van der Waals surface area contributed by atoms with E-state index in [4.69, 9.17) is 0 Å². The molecular weight excluding hydrogens is 198 g/mol. The molecule has 2 N–H and O–H groups in total. The zero-order valence-electron chi connectivity index (χ0n) is 9.48. The summed E-state index contributed by atoms with van der Waals surface area (Å²) in [6.45, 7) is 0. The number of rotatable bonds is 5. The van der Waals surface area contributed by atoms with Crippen molar-refractivity contribution in [3.63, 3.8) is 0 Å². The average molecular weight is 215 g/mol. The normalized spacial score (nSPS) is 12.6. The summed E-state index contributed by atoms with van der Waals surface area (Å²) in [4.78, 5) is 7.43. The summed E-state index contributed by atoms with van der Waals surface area (Å²) in [6, 6.07) is 10.8. The van der Waals surface area contributed by atoms with Crippen molar-refractivity contribution in [2.45, 2.75) is 18.9 Å². The standard InChI is InChI=1S/C13H17N3/c1-14-12(13-15-9-10-16-13)8-7-11-5-3-2-4-6-11/h2-6,9-10,12,14H,7-8H2,1H3,(H,15,16). The number of H-pyrrole nitrogens is 1. The monoisotopic (exact) mass is 215 g/mol. The summed E-state index contributed by atoms with van der Waals surface area (Å²) in [5, 5.41) is 3.28. The number of nitrogens with zero attached hydrogens (tertiary/aromatic N) is 1. The third-order valence-electron chi connectivity index (χ3n) is 2.76. The van der Waals surface area contributed by atoms with Crippen LogP contribution in [-0.2, 0) is 6.42 Å². The van der Waals surface area contributed by atoms with E-state index in [0.29, 0.717) is 6.04 Å². The van der Waals surface area contributed by atoms with Crippen molar-refractivity contribution in [1.29, 1.82) is 0 Å². The smallest absolute Gasteiger partial charge is 0.123 e. The van der Waals surface area contributed by atoms with Crippen molar-refractivity contribution < 1.29 is 0 Å². The van der Waals surface area contributed by atoms with E-state index in [-0.39, 0.29) is 0 Å². The van der Waals surface area contributed by atoms with Gasteiger partial charge in [0.25, 0.3) is 0 Å². The Morgan fingerprint density at radius 3 is 2.75 bits per heavy atom. The number of hydrogen-bond donors (Lipinski definition) is 2. The maximum absolute atomic E-state index is 4.28. The minimum Gasteiger partial charge on any atom is -0.347 e. The molecule has 0 aliphatic carbocycles. The minimum atomic E-state index is 0.301. The largest absolute Gasteiger partial charge is 0.347 e. The summed E-state index contributed by atoms with van der Waals surface area (Å²) >= 11 is 0. The van der Waals surface area contributed by atoms with Crippen LogP contribution in [-0.4, -0.2) is 17.0 Å². The van der Waals surface area contributed by atoms with Gasteiger partial charge in [-0.15, -0.1) is 0 Å². The van der Waals surface area contributed by atoms with Gasteiger partial charge in [0.05, 0.1) is 6.04 Å². The highest BCUT2D eigenvalue weighted by Crippen LogP contribution is 2.14. The van der Waals surface area contributed by atoms with Gasteiger partial charge in [0.15, 0.2) is 0 Å². The molecular formula is C13H17N3. The van der Waals surface area contributed by atoms with Gasteiger partial charge in [-0.1, -0.05) is 30.3 Å². The molecule has 1 aromatic heterocycles. The Morgan fingerprint density at radius 1 is 1.31 bits per heavy atom. The van der Waals surface area contributed by atoms with Crippen LogP contribution >= 0.6 is 0 Å². The Balaban J connectivity index is 1.94. The van der Waals surface area contributed by atoms with Crippen LogP contribution in [0.25, 0.3) is 0 Å². The van der Waals surface area contributed by atoms with Gasteiger partial charge in [0.1, 0.15) is 5.82 Å². The van der Waals surface area contributed by atoms with Gasteiger partial charge in [0.2, 0.25) is 0 Å². The summed E-state index contributed by atoms with van der Waals surface area (Å²) in [6.07, 6.45) is 5.77. The van der Waals surface area contributed by atoms with Crippen molar-refractivity contribution >= 4 is 0 Å². The van der Waals surface area contributed by atoms with Crippen LogP contribution in [0.1, 0.15) is 23.9 Å². The second kappa shape index (κ2) is 5.47. The van der Waals surface area contributed by atoms with Crippen molar-refractivity contribution in [3.8, 4) is 0 Å². The third kappa shape index (κ3) is 2.70. The SMILES string of the molecule is CNC(CCc1ccccc1)c1ncc[nH]1. The topological polar surface area (TPSA) is 40.7 Å². The van der Waals surface area contributed by atoms with E-state index < -0.39 is 0 Å². The number of aryl methyl sites for hydroxylation is 1. The van der Waals surface area contributed by atoms with E-state index in [1.807, 2.05) is 19.3 Å². The maximum atomic E-state index is 4.28. The molecule has 0 fully saturated rings. The fraction of sp³-hybridized carbons (Fsp3) is 0.308. The predicted molar refractivity (Wildman–Crippen MR) is 65.2 cm³/mol. The Labute approximate surface area is 95.9 Å². The Hall–Kier alpha value is -1.61. The molecule has 3 nitrogen and oxygen atoms in total. The fourth-order valence-corrected chi connectivity index (χ4v) is 1.84. The molecule has 2 aromatic rings. The lowest BCUT2D eigenvalue weighted by Crippen LogP contribution is -2.18. The van der Waals surface area contributed by atoms with Crippen LogP contribution in [0.2, 0.25) is 0 Å². The zero-order chi connectivity index (χ0) is 11.2. The number of benzene rings is 1. The summed E-state index contributed by atoms with van der Waals surface area (Å²) in [5.74, 6) is 1.01. The van der Waals surface area contributed by atoms with Crippen LogP contribution in [0.3, 0.4) is 0 Å². The Morgan fingerprint density at radius 2 is 2.12 bits per heavy atom. The second-order valence-electron chi connectivity index (χ2n) is 3.84. The molecule has 1 unspecified atom stereocenters. The molecule has 0 saturated carbocycles. The Kier molecular flexibility index (Phi) is 3.72. The first-order valence-electron chi connectivity index (χ1n) is 5.60. The number of imidazole rings is 1. The van der Waals surface area contributed by atoms with Crippen LogP contribution < -0.4 is 5.32 Å². The minimum absolute atomic E-state index is 0.301. The lowest BCUT2D eigenvalue weighted by molar-refractivity contribution is 0.525. The predicted octanol–water partition coefficient (Wildman–Crippen LogP) is 2.30. The first kappa shape index (κ1) is 10.9. The third-order valence-corrected chi connectivity index (χ3v) is 2.76. The quantitative estimate of drug-likeness (QED) is 0.803. The molecule has 84 valence electrons. The van der Waals surface area contributed by atoms with E-state index in [1.54, 1.807) is 6.20 Å². The molecule has 2 rings (SSSR count). The fourth-order valence-electron chi connectivity index (χ4n) is 1.84. The molecule has 0 amide bonds. The summed E-state index contributed by atoms with van der Waals surface area (Å²) < 4.78 is 0. The molecule has 16 heavy (non-hydrogen) atoms. The number of hydrogen-bond acceptors (Lipinski definition) is 2. The molecule has 0 spiro atoms.